The second-order valence-electron chi connectivity index (χ2n) is 4.54. The molecule has 1 saturated carbocycles. The molecule has 2 rings (SSSR count). The maximum atomic E-state index is 11.1. The van der Waals surface area contributed by atoms with Crippen LogP contribution in [0.1, 0.15) is 25.3 Å². The van der Waals surface area contributed by atoms with Gasteiger partial charge in [0.25, 0.3) is 5.69 Å². The Hall–Kier alpha value is -1.88. The van der Waals surface area contributed by atoms with Gasteiger partial charge in [-0.3, -0.25) is 10.1 Å². The Labute approximate surface area is 114 Å². The molecule has 0 aromatic heterocycles. The predicted molar refractivity (Wildman–Crippen MR) is 71.1 cm³/mol. The lowest BCUT2D eigenvalue weighted by molar-refractivity contribution is -0.384. The number of hydrogen-bond donors (Lipinski definition) is 1. The SMILES string of the molecule is CC(C(=O)O)=C(c1ccc(Cl)c([N+](=O)[O-])c1)C1CC1. The number of halogens is 1. The summed E-state index contributed by atoms with van der Waals surface area (Å²) >= 11 is 5.76. The molecule has 5 nitrogen and oxygen atoms in total. The van der Waals surface area contributed by atoms with Gasteiger partial charge in [-0.05, 0) is 42.9 Å². The minimum atomic E-state index is -1.00. The zero-order valence-corrected chi connectivity index (χ0v) is 11.0. The Morgan fingerprint density at radius 1 is 1.47 bits per heavy atom. The van der Waals surface area contributed by atoms with Crippen molar-refractivity contribution in [1.82, 2.24) is 0 Å². The minimum absolute atomic E-state index is 0.0527. The van der Waals surface area contributed by atoms with E-state index in [2.05, 4.69) is 0 Å². The van der Waals surface area contributed by atoms with E-state index in [1.807, 2.05) is 0 Å². The van der Waals surface area contributed by atoms with Crippen LogP contribution in [0.4, 0.5) is 5.69 Å². The van der Waals surface area contributed by atoms with Gasteiger partial charge < -0.3 is 5.11 Å². The lowest BCUT2D eigenvalue weighted by Crippen LogP contribution is -2.03. The molecule has 1 aliphatic carbocycles. The molecule has 0 amide bonds. The topological polar surface area (TPSA) is 80.4 Å². The summed E-state index contributed by atoms with van der Waals surface area (Å²) in [6, 6.07) is 4.42. The van der Waals surface area contributed by atoms with Crippen molar-refractivity contribution in [3.05, 3.63) is 44.5 Å². The molecule has 0 radical (unpaired) electrons. The third kappa shape index (κ3) is 2.76. The van der Waals surface area contributed by atoms with Crippen LogP contribution in [0.3, 0.4) is 0 Å². The van der Waals surface area contributed by atoms with Crippen molar-refractivity contribution >= 4 is 28.8 Å². The number of nitro groups is 1. The highest BCUT2D eigenvalue weighted by atomic mass is 35.5. The van der Waals surface area contributed by atoms with Crippen LogP contribution in [-0.4, -0.2) is 16.0 Å². The quantitative estimate of drug-likeness (QED) is 0.520. The van der Waals surface area contributed by atoms with E-state index < -0.39 is 10.9 Å². The number of aliphatic carboxylic acids is 1. The summed E-state index contributed by atoms with van der Waals surface area (Å²) in [6.45, 7) is 1.52. The number of benzene rings is 1. The summed E-state index contributed by atoms with van der Waals surface area (Å²) in [6.07, 6.45) is 1.83. The normalized spacial score (nSPS) is 15.9. The Balaban J connectivity index is 2.55. The van der Waals surface area contributed by atoms with E-state index >= 15 is 0 Å². The largest absolute Gasteiger partial charge is 0.478 e. The van der Waals surface area contributed by atoms with E-state index in [1.54, 1.807) is 6.07 Å². The van der Waals surface area contributed by atoms with Crippen molar-refractivity contribution in [2.75, 3.05) is 0 Å². The molecule has 0 heterocycles. The molecular formula is C13H12ClNO4. The van der Waals surface area contributed by atoms with Crippen molar-refractivity contribution in [1.29, 1.82) is 0 Å². The average Bonchev–Trinajstić information content (AvgIpc) is 3.15. The van der Waals surface area contributed by atoms with Crippen LogP contribution < -0.4 is 0 Å². The molecule has 1 aromatic carbocycles. The van der Waals surface area contributed by atoms with Gasteiger partial charge in [0.2, 0.25) is 0 Å². The van der Waals surface area contributed by atoms with Gasteiger partial charge >= 0.3 is 5.97 Å². The third-order valence-electron chi connectivity index (χ3n) is 3.16. The van der Waals surface area contributed by atoms with Gasteiger partial charge in [-0.15, -0.1) is 0 Å². The summed E-state index contributed by atoms with van der Waals surface area (Å²) in [5, 5.41) is 20.0. The first-order valence-electron chi connectivity index (χ1n) is 5.80. The summed E-state index contributed by atoms with van der Waals surface area (Å²) in [7, 11) is 0. The molecular weight excluding hydrogens is 270 g/mol. The number of hydrogen-bond acceptors (Lipinski definition) is 3. The first-order valence-corrected chi connectivity index (χ1v) is 6.18. The smallest absolute Gasteiger partial charge is 0.331 e. The van der Waals surface area contributed by atoms with Crippen LogP contribution in [0.15, 0.2) is 23.8 Å². The van der Waals surface area contributed by atoms with E-state index in [-0.39, 0.29) is 22.2 Å². The number of carboxylic acid groups (broad SMARTS) is 1. The second kappa shape index (κ2) is 5.01. The molecule has 0 aliphatic heterocycles. The highest BCUT2D eigenvalue weighted by molar-refractivity contribution is 6.32. The van der Waals surface area contributed by atoms with Gasteiger partial charge in [0.15, 0.2) is 0 Å². The average molecular weight is 282 g/mol. The summed E-state index contributed by atoms with van der Waals surface area (Å²) in [5.41, 5.74) is 1.28. The van der Waals surface area contributed by atoms with Gasteiger partial charge in [-0.25, -0.2) is 4.79 Å². The van der Waals surface area contributed by atoms with Gasteiger partial charge in [-0.1, -0.05) is 17.7 Å². The molecule has 100 valence electrons. The number of rotatable bonds is 4. The maximum absolute atomic E-state index is 11.1. The number of nitrogens with zero attached hydrogens (tertiary/aromatic N) is 1. The fourth-order valence-corrected chi connectivity index (χ4v) is 2.25. The number of nitro benzene ring substituents is 1. The standard InChI is InChI=1S/C13H12ClNO4/c1-7(13(16)17)12(8-2-3-8)9-4-5-10(14)11(6-9)15(18)19/h4-6,8H,2-3H2,1H3,(H,16,17). The molecule has 1 N–H and O–H groups in total. The monoisotopic (exact) mass is 281 g/mol. The Morgan fingerprint density at radius 3 is 2.58 bits per heavy atom. The predicted octanol–water partition coefficient (Wildman–Crippen LogP) is 3.52. The number of carbonyl (C=O) groups is 1. The van der Waals surface area contributed by atoms with E-state index in [0.29, 0.717) is 11.1 Å². The van der Waals surface area contributed by atoms with Gasteiger partial charge in [0, 0.05) is 11.6 Å². The van der Waals surface area contributed by atoms with Crippen LogP contribution in [0.25, 0.3) is 5.57 Å². The molecule has 0 saturated heterocycles. The lowest BCUT2D eigenvalue weighted by Gasteiger charge is -2.09. The van der Waals surface area contributed by atoms with E-state index in [1.165, 1.54) is 19.1 Å². The fraction of sp³-hybridized carbons (Fsp3) is 0.308. The maximum Gasteiger partial charge on any atom is 0.331 e. The Morgan fingerprint density at radius 2 is 2.11 bits per heavy atom. The number of allylic oxidation sites excluding steroid dienone is 1. The van der Waals surface area contributed by atoms with E-state index in [4.69, 9.17) is 16.7 Å². The number of carboxylic acids is 1. The first kappa shape index (κ1) is 13.5. The molecule has 0 atom stereocenters. The van der Waals surface area contributed by atoms with Crippen molar-refractivity contribution in [3.8, 4) is 0 Å². The summed E-state index contributed by atoms with van der Waals surface area (Å²) < 4.78 is 0. The van der Waals surface area contributed by atoms with Crippen LogP contribution in [0.2, 0.25) is 5.02 Å². The molecule has 1 aromatic rings. The lowest BCUT2D eigenvalue weighted by atomic mass is 9.96. The molecule has 1 aliphatic rings. The third-order valence-corrected chi connectivity index (χ3v) is 3.48. The fourth-order valence-electron chi connectivity index (χ4n) is 2.07. The van der Waals surface area contributed by atoms with Crippen LogP contribution >= 0.6 is 11.6 Å². The highest BCUT2D eigenvalue weighted by Crippen LogP contribution is 2.44. The molecule has 19 heavy (non-hydrogen) atoms. The zero-order valence-electron chi connectivity index (χ0n) is 10.2. The van der Waals surface area contributed by atoms with Crippen molar-refractivity contribution in [2.45, 2.75) is 19.8 Å². The second-order valence-corrected chi connectivity index (χ2v) is 4.95. The zero-order chi connectivity index (χ0) is 14.2. The molecule has 0 bridgehead atoms. The summed E-state index contributed by atoms with van der Waals surface area (Å²) in [4.78, 5) is 21.4. The highest BCUT2D eigenvalue weighted by Gasteiger charge is 2.31. The van der Waals surface area contributed by atoms with Gasteiger partial charge in [-0.2, -0.15) is 0 Å². The molecule has 6 heteroatoms. The van der Waals surface area contributed by atoms with Crippen molar-refractivity contribution in [3.63, 3.8) is 0 Å². The van der Waals surface area contributed by atoms with Gasteiger partial charge in [0.05, 0.1) is 4.92 Å². The van der Waals surface area contributed by atoms with Crippen LogP contribution in [0.5, 0.6) is 0 Å². The van der Waals surface area contributed by atoms with Gasteiger partial charge in [0.1, 0.15) is 5.02 Å². The molecule has 1 fully saturated rings. The van der Waals surface area contributed by atoms with E-state index in [9.17, 15) is 14.9 Å². The van der Waals surface area contributed by atoms with Crippen molar-refractivity contribution < 1.29 is 14.8 Å². The Bertz CT molecular complexity index is 590. The van der Waals surface area contributed by atoms with Crippen molar-refractivity contribution in [2.24, 2.45) is 5.92 Å². The minimum Gasteiger partial charge on any atom is -0.478 e. The van der Waals surface area contributed by atoms with E-state index in [0.717, 1.165) is 12.8 Å². The first-order chi connectivity index (χ1) is 8.91. The van der Waals surface area contributed by atoms with Crippen LogP contribution in [-0.2, 0) is 4.79 Å². The van der Waals surface area contributed by atoms with Crippen LogP contribution in [0, 0.1) is 16.0 Å². The molecule has 0 unspecified atom stereocenters. The Kier molecular flexibility index (Phi) is 3.57. The molecule has 0 spiro atoms. The summed E-state index contributed by atoms with van der Waals surface area (Å²) in [5.74, 6) is -0.823.